The molecular weight excluding hydrogens is 356 g/mol. The van der Waals surface area contributed by atoms with Gasteiger partial charge in [0.2, 0.25) is 5.95 Å². The van der Waals surface area contributed by atoms with Crippen LogP contribution in [0.1, 0.15) is 19.6 Å². The molecule has 4 heterocycles. The van der Waals surface area contributed by atoms with Crippen molar-refractivity contribution in [3.05, 3.63) is 16.7 Å². The standard InChI is InChI=1S/C16H22N6O5/c1-9(21-2-4-26-5-3-21)18-16-19-14-13(15(25)20-16)17-8-22(14)12-6-10(24)11(7-23)27-12/h8,10-12,23-24H,2-7H2,1H3,(H,19,20,25)/t10?,11-,12-/m1/s1. The quantitative estimate of drug-likeness (QED) is 0.463. The predicted molar refractivity (Wildman–Crippen MR) is 94.9 cm³/mol. The van der Waals surface area contributed by atoms with Gasteiger partial charge in [-0.3, -0.25) is 14.3 Å². The number of aromatic nitrogens is 4. The highest BCUT2D eigenvalue weighted by Crippen LogP contribution is 2.30. The van der Waals surface area contributed by atoms with Crippen molar-refractivity contribution >= 4 is 22.9 Å². The Morgan fingerprint density at radius 2 is 2.22 bits per heavy atom. The minimum absolute atomic E-state index is 0.170. The first-order valence-electron chi connectivity index (χ1n) is 8.86. The fraction of sp³-hybridized carbons (Fsp3) is 0.625. The van der Waals surface area contributed by atoms with E-state index in [0.29, 0.717) is 18.9 Å². The van der Waals surface area contributed by atoms with E-state index >= 15 is 0 Å². The van der Waals surface area contributed by atoms with Gasteiger partial charge in [0.25, 0.3) is 5.56 Å². The average Bonchev–Trinajstić information content (AvgIpc) is 3.25. The normalized spacial score (nSPS) is 26.9. The SMILES string of the molecule is CC(=Nc1nc2c(ncn2[C@H]2CC(O)[C@@H](CO)O2)c(=O)[nH]1)N1CCOCC1. The number of imidazole rings is 1. The molecule has 3 atom stereocenters. The molecule has 2 aromatic rings. The third-order valence-electron chi connectivity index (χ3n) is 4.85. The molecule has 0 aromatic carbocycles. The molecular formula is C16H22N6O5. The molecule has 146 valence electrons. The Morgan fingerprint density at radius 1 is 1.44 bits per heavy atom. The molecule has 27 heavy (non-hydrogen) atoms. The lowest BCUT2D eigenvalue weighted by Gasteiger charge is -2.28. The van der Waals surface area contributed by atoms with Crippen molar-refractivity contribution in [3.63, 3.8) is 0 Å². The van der Waals surface area contributed by atoms with E-state index in [0.717, 1.165) is 18.9 Å². The number of aromatic amines is 1. The van der Waals surface area contributed by atoms with Crippen LogP contribution >= 0.6 is 0 Å². The molecule has 2 aromatic heterocycles. The van der Waals surface area contributed by atoms with Crippen LogP contribution in [-0.2, 0) is 9.47 Å². The van der Waals surface area contributed by atoms with Crippen molar-refractivity contribution in [1.29, 1.82) is 0 Å². The van der Waals surface area contributed by atoms with Gasteiger partial charge in [-0.15, -0.1) is 0 Å². The van der Waals surface area contributed by atoms with Crippen LogP contribution in [0.2, 0.25) is 0 Å². The lowest BCUT2D eigenvalue weighted by Crippen LogP contribution is -2.39. The Balaban J connectivity index is 1.67. The van der Waals surface area contributed by atoms with Gasteiger partial charge in [0, 0.05) is 19.5 Å². The van der Waals surface area contributed by atoms with E-state index < -0.39 is 24.0 Å². The zero-order valence-electron chi connectivity index (χ0n) is 14.9. The minimum Gasteiger partial charge on any atom is -0.394 e. The largest absolute Gasteiger partial charge is 0.394 e. The number of rotatable bonds is 3. The van der Waals surface area contributed by atoms with Crippen molar-refractivity contribution in [2.24, 2.45) is 4.99 Å². The van der Waals surface area contributed by atoms with Crippen LogP contribution < -0.4 is 5.56 Å². The van der Waals surface area contributed by atoms with E-state index in [4.69, 9.17) is 9.47 Å². The summed E-state index contributed by atoms with van der Waals surface area (Å²) in [5.41, 5.74) is 0.0936. The van der Waals surface area contributed by atoms with Crippen LogP contribution in [0.4, 0.5) is 5.95 Å². The van der Waals surface area contributed by atoms with Crippen LogP contribution in [0.15, 0.2) is 16.1 Å². The number of hydrogen-bond acceptors (Lipinski definition) is 8. The number of fused-ring (bicyclic) bond motifs is 1. The maximum absolute atomic E-state index is 12.4. The molecule has 11 heteroatoms. The second-order valence-corrected chi connectivity index (χ2v) is 6.59. The van der Waals surface area contributed by atoms with E-state index in [-0.39, 0.29) is 24.5 Å². The highest BCUT2D eigenvalue weighted by Gasteiger charge is 2.35. The van der Waals surface area contributed by atoms with E-state index in [2.05, 4.69) is 24.8 Å². The fourth-order valence-corrected chi connectivity index (χ4v) is 3.34. The highest BCUT2D eigenvalue weighted by atomic mass is 16.5. The number of morpholine rings is 1. The van der Waals surface area contributed by atoms with Crippen molar-refractivity contribution in [1.82, 2.24) is 24.4 Å². The Morgan fingerprint density at radius 3 is 2.93 bits per heavy atom. The van der Waals surface area contributed by atoms with Gasteiger partial charge in [-0.05, 0) is 6.92 Å². The molecule has 0 amide bonds. The Kier molecular flexibility index (Phi) is 4.91. The number of H-pyrrole nitrogens is 1. The summed E-state index contributed by atoms with van der Waals surface area (Å²) in [4.78, 5) is 30.0. The molecule has 0 saturated carbocycles. The van der Waals surface area contributed by atoms with Crippen LogP contribution in [0, 0.1) is 0 Å². The summed E-state index contributed by atoms with van der Waals surface area (Å²) in [6.45, 7) is 4.31. The van der Waals surface area contributed by atoms with E-state index in [9.17, 15) is 15.0 Å². The molecule has 1 unspecified atom stereocenters. The maximum Gasteiger partial charge on any atom is 0.280 e. The van der Waals surface area contributed by atoms with Crippen LogP contribution in [0.25, 0.3) is 11.2 Å². The first kappa shape index (κ1) is 18.0. The molecule has 2 aliphatic rings. The molecule has 0 spiro atoms. The summed E-state index contributed by atoms with van der Waals surface area (Å²) in [6, 6.07) is 0. The number of hydrogen-bond donors (Lipinski definition) is 3. The van der Waals surface area contributed by atoms with Crippen molar-refractivity contribution < 1.29 is 19.7 Å². The third-order valence-corrected chi connectivity index (χ3v) is 4.85. The highest BCUT2D eigenvalue weighted by molar-refractivity contribution is 5.82. The Hall–Kier alpha value is -2.34. The summed E-state index contributed by atoms with van der Waals surface area (Å²) in [5, 5.41) is 19.2. The summed E-state index contributed by atoms with van der Waals surface area (Å²) >= 11 is 0. The zero-order chi connectivity index (χ0) is 19.0. The van der Waals surface area contributed by atoms with Crippen molar-refractivity contribution in [3.8, 4) is 0 Å². The number of aliphatic hydroxyl groups is 2. The van der Waals surface area contributed by atoms with E-state index in [1.807, 2.05) is 6.92 Å². The van der Waals surface area contributed by atoms with Crippen LogP contribution in [0.3, 0.4) is 0 Å². The third kappa shape index (κ3) is 3.46. The number of aliphatic imine (C=N–C) groups is 1. The van der Waals surface area contributed by atoms with Gasteiger partial charge in [0.1, 0.15) is 18.2 Å². The second-order valence-electron chi connectivity index (χ2n) is 6.59. The fourth-order valence-electron chi connectivity index (χ4n) is 3.34. The van der Waals surface area contributed by atoms with Crippen molar-refractivity contribution in [2.45, 2.75) is 31.8 Å². The van der Waals surface area contributed by atoms with Gasteiger partial charge in [-0.25, -0.2) is 9.98 Å². The molecule has 2 aliphatic heterocycles. The molecule has 2 saturated heterocycles. The first-order valence-corrected chi connectivity index (χ1v) is 8.86. The zero-order valence-corrected chi connectivity index (χ0v) is 14.9. The Labute approximate surface area is 154 Å². The minimum atomic E-state index is -0.791. The maximum atomic E-state index is 12.4. The summed E-state index contributed by atoms with van der Waals surface area (Å²) in [6.07, 6.45) is -0.298. The molecule has 0 bridgehead atoms. The predicted octanol–water partition coefficient (Wildman–Crippen LogP) is -0.858. The number of ether oxygens (including phenoxy) is 2. The van der Waals surface area contributed by atoms with E-state index in [1.54, 1.807) is 4.57 Å². The molecule has 3 N–H and O–H groups in total. The average molecular weight is 378 g/mol. The topological polar surface area (TPSA) is 138 Å². The summed E-state index contributed by atoms with van der Waals surface area (Å²) in [7, 11) is 0. The van der Waals surface area contributed by atoms with Gasteiger partial charge in [0.15, 0.2) is 11.2 Å². The lowest BCUT2D eigenvalue weighted by molar-refractivity contribution is -0.0432. The second kappa shape index (κ2) is 7.35. The number of nitrogens with zero attached hydrogens (tertiary/aromatic N) is 5. The summed E-state index contributed by atoms with van der Waals surface area (Å²) in [5.74, 6) is 0.912. The molecule has 2 fully saturated rings. The molecule has 11 nitrogen and oxygen atoms in total. The number of amidine groups is 1. The van der Waals surface area contributed by atoms with E-state index in [1.165, 1.54) is 6.33 Å². The van der Waals surface area contributed by atoms with Gasteiger partial charge in [-0.2, -0.15) is 4.98 Å². The van der Waals surface area contributed by atoms with Gasteiger partial charge >= 0.3 is 0 Å². The smallest absolute Gasteiger partial charge is 0.280 e. The molecule has 4 rings (SSSR count). The van der Waals surface area contributed by atoms with Crippen molar-refractivity contribution in [2.75, 3.05) is 32.9 Å². The monoisotopic (exact) mass is 378 g/mol. The van der Waals surface area contributed by atoms with Gasteiger partial charge < -0.3 is 24.6 Å². The van der Waals surface area contributed by atoms with Crippen LogP contribution in [-0.4, -0.2) is 85.6 Å². The number of nitrogens with one attached hydrogen (secondary N) is 1. The lowest BCUT2D eigenvalue weighted by atomic mass is 10.2. The van der Waals surface area contributed by atoms with Gasteiger partial charge in [0.05, 0.1) is 32.3 Å². The Bertz CT molecular complexity index is 902. The molecule has 0 aliphatic carbocycles. The molecule has 0 radical (unpaired) electrons. The first-order chi connectivity index (χ1) is 13.1. The summed E-state index contributed by atoms with van der Waals surface area (Å²) < 4.78 is 12.6. The van der Waals surface area contributed by atoms with Crippen LogP contribution in [0.5, 0.6) is 0 Å². The van der Waals surface area contributed by atoms with Gasteiger partial charge in [-0.1, -0.05) is 0 Å². The number of aliphatic hydroxyl groups excluding tert-OH is 2.